The molecule has 1 fully saturated rings. The van der Waals surface area contributed by atoms with Crippen molar-refractivity contribution in [1.29, 1.82) is 0 Å². The van der Waals surface area contributed by atoms with Crippen molar-refractivity contribution in [2.24, 2.45) is 0 Å². The van der Waals surface area contributed by atoms with Crippen LogP contribution in [0.5, 0.6) is 11.5 Å². The molecule has 0 aromatic heterocycles. The standard InChI is InChI=1S/C26H20BrCl2NO4S/c1-15-3-5-16(6-4-15)13-30-25(31)23(35-26(30)32)12-18-9-19(27)24(22(11-18)33-2)34-14-17-7-8-20(28)21(29)10-17/h3-12H,13-14H2,1-2H3/b23-12-. The number of nitrogens with zero attached hydrogens (tertiary/aromatic N) is 1. The summed E-state index contributed by atoms with van der Waals surface area (Å²) in [5.74, 6) is 0.656. The highest BCUT2D eigenvalue weighted by molar-refractivity contribution is 9.10. The highest BCUT2D eigenvalue weighted by Crippen LogP contribution is 2.40. The Balaban J connectivity index is 1.52. The second-order valence-corrected chi connectivity index (χ2v) is 10.5. The molecular weight excluding hydrogens is 573 g/mol. The minimum absolute atomic E-state index is 0.233. The molecule has 9 heteroatoms. The van der Waals surface area contributed by atoms with Gasteiger partial charge in [0.2, 0.25) is 0 Å². The highest BCUT2D eigenvalue weighted by Gasteiger charge is 2.35. The van der Waals surface area contributed by atoms with Crippen molar-refractivity contribution in [2.45, 2.75) is 20.1 Å². The maximum atomic E-state index is 12.9. The molecule has 1 heterocycles. The monoisotopic (exact) mass is 591 g/mol. The number of aryl methyl sites for hydroxylation is 1. The summed E-state index contributed by atoms with van der Waals surface area (Å²) in [6.45, 7) is 2.47. The van der Waals surface area contributed by atoms with Gasteiger partial charge in [-0.25, -0.2) is 0 Å². The third-order valence-electron chi connectivity index (χ3n) is 5.25. The van der Waals surface area contributed by atoms with Crippen LogP contribution in [0, 0.1) is 6.92 Å². The lowest BCUT2D eigenvalue weighted by atomic mass is 10.1. The third-order valence-corrected chi connectivity index (χ3v) is 7.49. The Morgan fingerprint density at radius 1 is 1.00 bits per heavy atom. The summed E-state index contributed by atoms with van der Waals surface area (Å²) in [7, 11) is 1.53. The summed E-state index contributed by atoms with van der Waals surface area (Å²) in [5, 5.41) is 0.627. The first-order valence-corrected chi connectivity index (χ1v) is 12.9. The zero-order chi connectivity index (χ0) is 25.1. The van der Waals surface area contributed by atoms with Crippen LogP contribution in [0.2, 0.25) is 10.0 Å². The summed E-state index contributed by atoms with van der Waals surface area (Å²) in [5.41, 5.74) is 3.55. The van der Waals surface area contributed by atoms with Crippen LogP contribution >= 0.6 is 50.9 Å². The van der Waals surface area contributed by atoms with Gasteiger partial charge in [-0.15, -0.1) is 0 Å². The van der Waals surface area contributed by atoms with E-state index in [2.05, 4.69) is 15.9 Å². The lowest BCUT2D eigenvalue weighted by Gasteiger charge is -2.14. The number of carbonyl (C=O) groups is 2. The van der Waals surface area contributed by atoms with Crippen molar-refractivity contribution in [1.82, 2.24) is 4.90 Å². The van der Waals surface area contributed by atoms with E-state index in [0.29, 0.717) is 36.5 Å². The number of amides is 2. The van der Waals surface area contributed by atoms with Crippen LogP contribution < -0.4 is 9.47 Å². The molecule has 3 aromatic rings. The van der Waals surface area contributed by atoms with Crippen LogP contribution in [-0.2, 0) is 17.9 Å². The second kappa shape index (κ2) is 11.1. The molecular formula is C26H20BrCl2NO4S. The lowest BCUT2D eigenvalue weighted by Crippen LogP contribution is -2.27. The van der Waals surface area contributed by atoms with E-state index in [9.17, 15) is 9.59 Å². The Labute approximate surface area is 226 Å². The molecule has 0 bridgehead atoms. The molecule has 180 valence electrons. The zero-order valence-electron chi connectivity index (χ0n) is 18.8. The van der Waals surface area contributed by atoms with E-state index in [-0.39, 0.29) is 24.3 Å². The molecule has 0 unspecified atom stereocenters. The van der Waals surface area contributed by atoms with E-state index in [0.717, 1.165) is 28.5 Å². The number of benzene rings is 3. The van der Waals surface area contributed by atoms with Gasteiger partial charge in [-0.05, 0) is 81.6 Å². The van der Waals surface area contributed by atoms with Crippen LogP contribution in [0.25, 0.3) is 6.08 Å². The number of halogens is 3. The van der Waals surface area contributed by atoms with Crippen LogP contribution in [0.15, 0.2) is 64.0 Å². The van der Waals surface area contributed by atoms with Gasteiger partial charge in [-0.3, -0.25) is 14.5 Å². The van der Waals surface area contributed by atoms with Gasteiger partial charge >= 0.3 is 0 Å². The maximum absolute atomic E-state index is 12.9. The molecule has 0 aliphatic carbocycles. The Morgan fingerprint density at radius 2 is 1.71 bits per heavy atom. The molecule has 0 radical (unpaired) electrons. The smallest absolute Gasteiger partial charge is 0.293 e. The average molecular weight is 593 g/mol. The predicted octanol–water partition coefficient (Wildman–Crippen LogP) is 7.89. The van der Waals surface area contributed by atoms with Crippen LogP contribution in [-0.4, -0.2) is 23.2 Å². The molecule has 5 nitrogen and oxygen atoms in total. The van der Waals surface area contributed by atoms with E-state index >= 15 is 0 Å². The van der Waals surface area contributed by atoms with Gasteiger partial charge in [0.15, 0.2) is 11.5 Å². The number of imide groups is 1. The van der Waals surface area contributed by atoms with Crippen molar-refractivity contribution in [2.75, 3.05) is 7.11 Å². The van der Waals surface area contributed by atoms with Crippen molar-refractivity contribution in [3.63, 3.8) is 0 Å². The van der Waals surface area contributed by atoms with Gasteiger partial charge < -0.3 is 9.47 Å². The predicted molar refractivity (Wildman–Crippen MR) is 144 cm³/mol. The number of methoxy groups -OCH3 is 1. The first-order chi connectivity index (χ1) is 16.7. The van der Waals surface area contributed by atoms with Crippen LogP contribution in [0.3, 0.4) is 0 Å². The van der Waals surface area contributed by atoms with Gasteiger partial charge in [-0.1, -0.05) is 59.1 Å². The largest absolute Gasteiger partial charge is 0.493 e. The normalized spacial score (nSPS) is 14.7. The average Bonchev–Trinajstić information content (AvgIpc) is 3.08. The second-order valence-electron chi connectivity index (χ2n) is 7.82. The minimum Gasteiger partial charge on any atom is -0.493 e. The topological polar surface area (TPSA) is 55.8 Å². The number of rotatable bonds is 7. The van der Waals surface area contributed by atoms with E-state index in [4.69, 9.17) is 32.7 Å². The van der Waals surface area contributed by atoms with Gasteiger partial charge in [0, 0.05) is 0 Å². The van der Waals surface area contributed by atoms with E-state index in [1.807, 2.05) is 37.3 Å². The molecule has 0 N–H and O–H groups in total. The summed E-state index contributed by atoms with van der Waals surface area (Å²) in [4.78, 5) is 27.1. The SMILES string of the molecule is COc1cc(/C=C2\SC(=O)N(Cc3ccc(C)cc3)C2=O)cc(Br)c1OCc1ccc(Cl)c(Cl)c1. The van der Waals surface area contributed by atoms with Gasteiger partial charge in [-0.2, -0.15) is 0 Å². The molecule has 35 heavy (non-hydrogen) atoms. The third kappa shape index (κ3) is 6.04. The Kier molecular flexibility index (Phi) is 8.12. The van der Waals surface area contributed by atoms with Crippen molar-refractivity contribution < 1.29 is 19.1 Å². The molecule has 2 amide bonds. The van der Waals surface area contributed by atoms with Gasteiger partial charge in [0.1, 0.15) is 6.61 Å². The van der Waals surface area contributed by atoms with Crippen molar-refractivity contribution in [3.05, 3.63) is 96.3 Å². The van der Waals surface area contributed by atoms with Gasteiger partial charge in [0.25, 0.3) is 11.1 Å². The molecule has 1 saturated heterocycles. The fraction of sp³-hybridized carbons (Fsp3) is 0.154. The summed E-state index contributed by atoms with van der Waals surface area (Å²) in [6.07, 6.45) is 1.68. The number of thioether (sulfide) groups is 1. The summed E-state index contributed by atoms with van der Waals surface area (Å²) in [6, 6.07) is 16.6. The molecule has 0 spiro atoms. The number of hydrogen-bond donors (Lipinski definition) is 0. The van der Waals surface area contributed by atoms with E-state index < -0.39 is 0 Å². The molecule has 1 aliphatic heterocycles. The molecule has 1 aliphatic rings. The number of carbonyl (C=O) groups excluding carboxylic acids is 2. The van der Waals surface area contributed by atoms with Gasteiger partial charge in [0.05, 0.1) is 33.1 Å². The van der Waals surface area contributed by atoms with E-state index in [1.54, 1.807) is 30.3 Å². The maximum Gasteiger partial charge on any atom is 0.293 e. The Bertz CT molecular complexity index is 1330. The summed E-state index contributed by atoms with van der Waals surface area (Å²) >= 11 is 16.5. The van der Waals surface area contributed by atoms with Crippen LogP contribution in [0.4, 0.5) is 4.79 Å². The Morgan fingerprint density at radius 3 is 2.40 bits per heavy atom. The molecule has 3 aromatic carbocycles. The first-order valence-electron chi connectivity index (χ1n) is 10.5. The zero-order valence-corrected chi connectivity index (χ0v) is 22.7. The fourth-order valence-corrected chi connectivity index (χ4v) is 5.15. The van der Waals surface area contributed by atoms with E-state index in [1.165, 1.54) is 12.0 Å². The molecule has 0 atom stereocenters. The molecule has 4 rings (SSSR count). The first kappa shape index (κ1) is 25.6. The minimum atomic E-state index is -0.324. The van der Waals surface area contributed by atoms with Crippen molar-refractivity contribution in [3.8, 4) is 11.5 Å². The Hall–Kier alpha value is -2.45. The quantitative estimate of drug-likeness (QED) is 0.261. The number of ether oxygens (including phenoxy) is 2. The molecule has 0 saturated carbocycles. The number of hydrogen-bond acceptors (Lipinski definition) is 5. The lowest BCUT2D eigenvalue weighted by molar-refractivity contribution is -0.123. The summed E-state index contributed by atoms with van der Waals surface area (Å²) < 4.78 is 12.1. The highest BCUT2D eigenvalue weighted by atomic mass is 79.9. The van der Waals surface area contributed by atoms with Crippen LogP contribution in [0.1, 0.15) is 22.3 Å². The fourth-order valence-electron chi connectivity index (χ4n) is 3.41. The van der Waals surface area contributed by atoms with Crippen molar-refractivity contribution >= 4 is 68.1 Å².